The number of ether oxygens (including phenoxy) is 1. The molecule has 0 aliphatic carbocycles. The lowest BCUT2D eigenvalue weighted by molar-refractivity contribution is -0.136. The van der Waals surface area contributed by atoms with Crippen LogP contribution in [0.2, 0.25) is 0 Å². The molecular formula is C13H27NO2. The Morgan fingerprint density at radius 1 is 1.19 bits per heavy atom. The van der Waals surface area contributed by atoms with Crippen molar-refractivity contribution < 1.29 is 9.53 Å². The first-order chi connectivity index (χ1) is 7.31. The highest BCUT2D eigenvalue weighted by Gasteiger charge is 2.28. The second-order valence-corrected chi connectivity index (χ2v) is 5.28. The van der Waals surface area contributed by atoms with Crippen molar-refractivity contribution in [2.75, 3.05) is 14.2 Å². The second kappa shape index (κ2) is 6.89. The minimum Gasteiger partial charge on any atom is -0.380 e. The minimum atomic E-state index is 0.0705. The smallest absolute Gasteiger partial charge is 0.222 e. The van der Waals surface area contributed by atoms with Gasteiger partial charge in [0.25, 0.3) is 0 Å². The fourth-order valence-corrected chi connectivity index (χ4v) is 2.10. The summed E-state index contributed by atoms with van der Waals surface area (Å²) < 4.78 is 5.36. The summed E-state index contributed by atoms with van der Waals surface area (Å²) in [7, 11) is 3.58. The predicted molar refractivity (Wildman–Crippen MR) is 67.3 cm³/mol. The van der Waals surface area contributed by atoms with Crippen molar-refractivity contribution >= 4 is 5.91 Å². The number of carbonyl (C=O) groups excluding carboxylic acids is 1. The molecule has 0 aliphatic heterocycles. The molecule has 0 bridgehead atoms. The summed E-state index contributed by atoms with van der Waals surface area (Å²) in [6, 6.07) is 0.149. The molecule has 0 aliphatic rings. The molecule has 0 aromatic carbocycles. The van der Waals surface area contributed by atoms with E-state index in [0.29, 0.717) is 18.3 Å². The zero-order valence-corrected chi connectivity index (χ0v) is 11.8. The number of hydrogen-bond donors (Lipinski definition) is 0. The largest absolute Gasteiger partial charge is 0.380 e. The van der Waals surface area contributed by atoms with E-state index in [1.165, 1.54) is 0 Å². The van der Waals surface area contributed by atoms with Crippen LogP contribution in [-0.2, 0) is 9.53 Å². The van der Waals surface area contributed by atoms with E-state index in [-0.39, 0.29) is 18.1 Å². The lowest BCUT2D eigenvalue weighted by Gasteiger charge is -2.35. The third kappa shape index (κ3) is 4.52. The maximum absolute atomic E-state index is 12.0. The molecule has 96 valence electrons. The molecule has 0 spiro atoms. The average molecular weight is 229 g/mol. The second-order valence-electron chi connectivity index (χ2n) is 5.28. The summed E-state index contributed by atoms with van der Waals surface area (Å²) in [4.78, 5) is 13.8. The van der Waals surface area contributed by atoms with Crippen molar-refractivity contribution in [1.29, 1.82) is 0 Å². The molecule has 1 amide bonds. The van der Waals surface area contributed by atoms with Gasteiger partial charge < -0.3 is 9.64 Å². The SMILES string of the molecule is COC(C)C(C(C)C)N(C)C(=O)CC(C)C. The number of amides is 1. The number of hydrogen-bond acceptors (Lipinski definition) is 2. The van der Waals surface area contributed by atoms with E-state index in [9.17, 15) is 4.79 Å². The highest BCUT2D eigenvalue weighted by Crippen LogP contribution is 2.17. The third-order valence-electron chi connectivity index (χ3n) is 2.96. The summed E-state index contributed by atoms with van der Waals surface area (Å²) in [6.07, 6.45) is 0.678. The Morgan fingerprint density at radius 2 is 1.69 bits per heavy atom. The number of methoxy groups -OCH3 is 1. The van der Waals surface area contributed by atoms with Crippen LogP contribution in [0.15, 0.2) is 0 Å². The monoisotopic (exact) mass is 229 g/mol. The molecule has 2 unspecified atom stereocenters. The van der Waals surface area contributed by atoms with Gasteiger partial charge in [-0.3, -0.25) is 4.79 Å². The zero-order valence-electron chi connectivity index (χ0n) is 11.8. The standard InChI is InChI=1S/C13H27NO2/c1-9(2)8-12(15)14(6)13(10(3)4)11(5)16-7/h9-11,13H,8H2,1-7H3. The number of likely N-dealkylation sites (N-methyl/N-ethyl adjacent to an activating group) is 1. The molecule has 3 heteroatoms. The zero-order chi connectivity index (χ0) is 12.9. The number of nitrogens with zero attached hydrogens (tertiary/aromatic N) is 1. The summed E-state index contributed by atoms with van der Waals surface area (Å²) in [5, 5.41) is 0. The van der Waals surface area contributed by atoms with Crippen LogP contribution in [0.1, 0.15) is 41.0 Å². The first kappa shape index (κ1) is 15.4. The summed E-state index contributed by atoms with van der Waals surface area (Å²) in [6.45, 7) is 10.4. The summed E-state index contributed by atoms with van der Waals surface area (Å²) in [5.74, 6) is 1.01. The van der Waals surface area contributed by atoms with Crippen molar-refractivity contribution in [3.05, 3.63) is 0 Å². The predicted octanol–water partition coefficient (Wildman–Crippen LogP) is 2.55. The van der Waals surface area contributed by atoms with Crippen molar-refractivity contribution in [2.45, 2.75) is 53.2 Å². The Kier molecular flexibility index (Phi) is 6.65. The Hall–Kier alpha value is -0.570. The Morgan fingerprint density at radius 3 is 2.00 bits per heavy atom. The molecule has 0 saturated heterocycles. The van der Waals surface area contributed by atoms with Crippen LogP contribution < -0.4 is 0 Å². The molecule has 0 aromatic heterocycles. The third-order valence-corrected chi connectivity index (χ3v) is 2.96. The average Bonchev–Trinajstić information content (AvgIpc) is 2.15. The van der Waals surface area contributed by atoms with Crippen molar-refractivity contribution in [3.8, 4) is 0 Å². The van der Waals surface area contributed by atoms with Gasteiger partial charge in [-0.05, 0) is 18.8 Å². The minimum absolute atomic E-state index is 0.0705. The summed E-state index contributed by atoms with van der Waals surface area (Å²) in [5.41, 5.74) is 0. The molecule has 16 heavy (non-hydrogen) atoms. The van der Waals surface area contributed by atoms with Crippen LogP contribution in [0.3, 0.4) is 0 Å². The van der Waals surface area contributed by atoms with Crippen LogP contribution in [0, 0.1) is 11.8 Å². The van der Waals surface area contributed by atoms with E-state index in [2.05, 4.69) is 27.7 Å². The number of rotatable bonds is 6. The Labute approximate surface area is 100 Å². The molecule has 0 N–H and O–H groups in total. The number of carbonyl (C=O) groups is 1. The highest BCUT2D eigenvalue weighted by atomic mass is 16.5. The van der Waals surface area contributed by atoms with E-state index >= 15 is 0 Å². The molecule has 0 heterocycles. The summed E-state index contributed by atoms with van der Waals surface area (Å²) >= 11 is 0. The van der Waals surface area contributed by atoms with Crippen molar-refractivity contribution in [2.24, 2.45) is 11.8 Å². The van der Waals surface area contributed by atoms with E-state index in [1.807, 2.05) is 18.9 Å². The first-order valence-corrected chi connectivity index (χ1v) is 6.09. The lowest BCUT2D eigenvalue weighted by atomic mass is 9.97. The molecule has 0 rings (SSSR count). The Bertz CT molecular complexity index is 214. The van der Waals surface area contributed by atoms with Gasteiger partial charge in [-0.25, -0.2) is 0 Å². The quantitative estimate of drug-likeness (QED) is 0.700. The van der Waals surface area contributed by atoms with Gasteiger partial charge in [-0.2, -0.15) is 0 Å². The van der Waals surface area contributed by atoms with Gasteiger partial charge in [-0.1, -0.05) is 27.7 Å². The molecule has 3 nitrogen and oxygen atoms in total. The van der Waals surface area contributed by atoms with Gasteiger partial charge in [0.05, 0.1) is 12.1 Å². The van der Waals surface area contributed by atoms with Gasteiger partial charge in [0.1, 0.15) is 0 Å². The fraction of sp³-hybridized carbons (Fsp3) is 0.923. The highest BCUT2D eigenvalue weighted by molar-refractivity contribution is 5.76. The van der Waals surface area contributed by atoms with Crippen molar-refractivity contribution in [3.63, 3.8) is 0 Å². The van der Waals surface area contributed by atoms with Gasteiger partial charge >= 0.3 is 0 Å². The molecule has 0 aromatic rings. The maximum atomic E-state index is 12.0. The van der Waals surface area contributed by atoms with Crippen molar-refractivity contribution in [1.82, 2.24) is 4.90 Å². The van der Waals surface area contributed by atoms with Crippen LogP contribution in [0.4, 0.5) is 0 Å². The molecule has 0 saturated carbocycles. The van der Waals surface area contributed by atoms with E-state index in [1.54, 1.807) is 7.11 Å². The fourth-order valence-electron chi connectivity index (χ4n) is 2.10. The van der Waals surface area contributed by atoms with Gasteiger partial charge in [-0.15, -0.1) is 0 Å². The Balaban J connectivity index is 4.61. The van der Waals surface area contributed by atoms with Gasteiger partial charge in [0, 0.05) is 20.6 Å². The van der Waals surface area contributed by atoms with Crippen LogP contribution in [0.25, 0.3) is 0 Å². The molecule has 2 atom stereocenters. The van der Waals surface area contributed by atoms with Crippen LogP contribution in [0.5, 0.6) is 0 Å². The normalized spacial score (nSPS) is 15.3. The van der Waals surface area contributed by atoms with E-state index < -0.39 is 0 Å². The van der Waals surface area contributed by atoms with E-state index in [0.717, 1.165) is 0 Å². The molecular weight excluding hydrogens is 202 g/mol. The van der Waals surface area contributed by atoms with Gasteiger partial charge in [0.2, 0.25) is 5.91 Å². The first-order valence-electron chi connectivity index (χ1n) is 6.09. The topological polar surface area (TPSA) is 29.5 Å². The van der Waals surface area contributed by atoms with Crippen LogP contribution >= 0.6 is 0 Å². The lowest BCUT2D eigenvalue weighted by Crippen LogP contribution is -2.47. The van der Waals surface area contributed by atoms with E-state index in [4.69, 9.17) is 4.74 Å². The molecule has 0 fully saturated rings. The molecule has 0 radical (unpaired) electrons. The van der Waals surface area contributed by atoms with Crippen LogP contribution in [-0.4, -0.2) is 37.1 Å². The van der Waals surface area contributed by atoms with Gasteiger partial charge in [0.15, 0.2) is 0 Å². The maximum Gasteiger partial charge on any atom is 0.222 e.